The minimum absolute atomic E-state index is 0.894. The lowest BCUT2D eigenvalue weighted by molar-refractivity contribution is 0.462. The van der Waals surface area contributed by atoms with E-state index < -0.39 is 0 Å². The molecule has 1 aliphatic carbocycles. The number of hydrogen-bond acceptors (Lipinski definition) is 1. The molecule has 0 heterocycles. The van der Waals surface area contributed by atoms with Crippen LogP contribution in [0.25, 0.3) is 0 Å². The molecule has 0 aromatic heterocycles. The molecule has 0 amide bonds. The van der Waals surface area contributed by atoms with Gasteiger partial charge in [0.15, 0.2) is 0 Å². The van der Waals surface area contributed by atoms with Gasteiger partial charge in [-0.2, -0.15) is 0 Å². The van der Waals surface area contributed by atoms with Crippen molar-refractivity contribution in [1.82, 2.24) is 5.32 Å². The van der Waals surface area contributed by atoms with Crippen LogP contribution in [-0.4, -0.2) is 13.6 Å². The van der Waals surface area contributed by atoms with Crippen LogP contribution in [-0.2, 0) is 0 Å². The van der Waals surface area contributed by atoms with Gasteiger partial charge < -0.3 is 5.32 Å². The van der Waals surface area contributed by atoms with Crippen molar-refractivity contribution in [3.05, 3.63) is 0 Å². The first-order valence-corrected chi connectivity index (χ1v) is 3.90. The molecule has 54 valence electrons. The average Bonchev–Trinajstić information content (AvgIpc) is 2.47. The number of hydrogen-bond donors (Lipinski definition) is 1. The molecule has 1 aliphatic rings. The Morgan fingerprint density at radius 2 is 2.22 bits per heavy atom. The molecule has 1 N–H and O–H groups in total. The predicted molar refractivity (Wildman–Crippen MR) is 40.4 cm³/mol. The molecule has 1 nitrogen and oxygen atoms in total. The van der Waals surface area contributed by atoms with Gasteiger partial charge in [0, 0.05) is 0 Å². The quantitative estimate of drug-likeness (QED) is 0.605. The SMILES string of the molecule is CNCC(C)C1CC1C. The highest BCUT2D eigenvalue weighted by atomic mass is 14.8. The average molecular weight is 127 g/mol. The summed E-state index contributed by atoms with van der Waals surface area (Å²) in [4.78, 5) is 0. The van der Waals surface area contributed by atoms with E-state index in [4.69, 9.17) is 0 Å². The summed E-state index contributed by atoms with van der Waals surface area (Å²) in [5.41, 5.74) is 0. The zero-order valence-corrected chi connectivity index (χ0v) is 6.65. The lowest BCUT2D eigenvalue weighted by atomic mass is 10.1. The molecule has 0 aromatic carbocycles. The molecule has 0 bridgehead atoms. The number of nitrogens with one attached hydrogen (secondary N) is 1. The van der Waals surface area contributed by atoms with Crippen molar-refractivity contribution in [2.75, 3.05) is 13.6 Å². The fraction of sp³-hybridized carbons (Fsp3) is 1.00. The molecule has 0 aliphatic heterocycles. The first-order chi connectivity index (χ1) is 4.25. The van der Waals surface area contributed by atoms with E-state index in [0.717, 1.165) is 17.8 Å². The molecular formula is C8H17N. The molecule has 0 aromatic rings. The van der Waals surface area contributed by atoms with E-state index in [1.165, 1.54) is 13.0 Å². The summed E-state index contributed by atoms with van der Waals surface area (Å²) in [5.74, 6) is 2.93. The maximum absolute atomic E-state index is 3.21. The fourth-order valence-electron chi connectivity index (χ4n) is 1.62. The van der Waals surface area contributed by atoms with Gasteiger partial charge in [-0.1, -0.05) is 13.8 Å². The second-order valence-corrected chi connectivity index (χ2v) is 3.41. The van der Waals surface area contributed by atoms with E-state index in [9.17, 15) is 0 Å². The Hall–Kier alpha value is -0.0400. The Labute approximate surface area is 57.8 Å². The molecule has 0 saturated heterocycles. The normalized spacial score (nSPS) is 36.3. The van der Waals surface area contributed by atoms with Crippen LogP contribution >= 0.6 is 0 Å². The molecular weight excluding hydrogens is 110 g/mol. The zero-order chi connectivity index (χ0) is 6.85. The monoisotopic (exact) mass is 127 g/mol. The highest BCUT2D eigenvalue weighted by molar-refractivity contribution is 4.86. The molecule has 9 heavy (non-hydrogen) atoms. The van der Waals surface area contributed by atoms with Crippen LogP contribution in [0.1, 0.15) is 20.3 Å². The van der Waals surface area contributed by atoms with Crippen molar-refractivity contribution in [3.63, 3.8) is 0 Å². The predicted octanol–water partition coefficient (Wildman–Crippen LogP) is 1.50. The third-order valence-corrected chi connectivity index (χ3v) is 2.43. The van der Waals surface area contributed by atoms with Crippen LogP contribution < -0.4 is 5.32 Å². The van der Waals surface area contributed by atoms with Crippen molar-refractivity contribution in [3.8, 4) is 0 Å². The van der Waals surface area contributed by atoms with Crippen molar-refractivity contribution >= 4 is 0 Å². The summed E-state index contributed by atoms with van der Waals surface area (Å²) in [7, 11) is 2.03. The molecule has 3 atom stereocenters. The highest BCUT2D eigenvalue weighted by Gasteiger charge is 2.36. The van der Waals surface area contributed by atoms with Crippen LogP contribution in [0.15, 0.2) is 0 Å². The van der Waals surface area contributed by atoms with Gasteiger partial charge in [0.1, 0.15) is 0 Å². The number of rotatable bonds is 3. The largest absolute Gasteiger partial charge is 0.319 e. The van der Waals surface area contributed by atoms with E-state index in [0.29, 0.717) is 0 Å². The molecule has 0 radical (unpaired) electrons. The summed E-state index contributed by atoms with van der Waals surface area (Å²) >= 11 is 0. The first kappa shape index (κ1) is 7.07. The molecule has 1 heteroatoms. The summed E-state index contributed by atoms with van der Waals surface area (Å²) in [5, 5.41) is 3.21. The van der Waals surface area contributed by atoms with Gasteiger partial charge in [0.05, 0.1) is 0 Å². The van der Waals surface area contributed by atoms with E-state index in [-0.39, 0.29) is 0 Å². The Bertz CT molecular complexity index is 90.6. The molecule has 1 saturated carbocycles. The van der Waals surface area contributed by atoms with Gasteiger partial charge in [-0.05, 0) is 37.8 Å². The maximum atomic E-state index is 3.21. The molecule has 3 unspecified atom stereocenters. The highest BCUT2D eigenvalue weighted by Crippen LogP contribution is 2.43. The minimum atomic E-state index is 0.894. The third-order valence-electron chi connectivity index (χ3n) is 2.43. The molecule has 1 rings (SSSR count). The zero-order valence-electron chi connectivity index (χ0n) is 6.65. The van der Waals surface area contributed by atoms with Crippen LogP contribution in [0.5, 0.6) is 0 Å². The van der Waals surface area contributed by atoms with Gasteiger partial charge >= 0.3 is 0 Å². The van der Waals surface area contributed by atoms with Crippen LogP contribution in [0.2, 0.25) is 0 Å². The smallest absolute Gasteiger partial charge is 0.00234 e. The Morgan fingerprint density at radius 3 is 2.56 bits per heavy atom. The van der Waals surface area contributed by atoms with Crippen LogP contribution in [0.3, 0.4) is 0 Å². The van der Waals surface area contributed by atoms with Gasteiger partial charge in [-0.25, -0.2) is 0 Å². The fourth-order valence-corrected chi connectivity index (χ4v) is 1.62. The first-order valence-electron chi connectivity index (χ1n) is 3.90. The Morgan fingerprint density at radius 1 is 1.67 bits per heavy atom. The topological polar surface area (TPSA) is 12.0 Å². The summed E-state index contributed by atoms with van der Waals surface area (Å²) in [6.45, 7) is 5.87. The second-order valence-electron chi connectivity index (χ2n) is 3.41. The van der Waals surface area contributed by atoms with Gasteiger partial charge in [0.2, 0.25) is 0 Å². The van der Waals surface area contributed by atoms with E-state index in [2.05, 4.69) is 19.2 Å². The van der Waals surface area contributed by atoms with Crippen molar-refractivity contribution < 1.29 is 0 Å². The van der Waals surface area contributed by atoms with Crippen LogP contribution in [0.4, 0.5) is 0 Å². The standard InChI is InChI=1S/C8H17N/c1-6-4-8(6)7(2)5-9-3/h6-9H,4-5H2,1-3H3. The summed E-state index contributed by atoms with van der Waals surface area (Å²) < 4.78 is 0. The second kappa shape index (κ2) is 2.70. The van der Waals surface area contributed by atoms with Gasteiger partial charge in [0.25, 0.3) is 0 Å². The summed E-state index contributed by atoms with van der Waals surface area (Å²) in [6.07, 6.45) is 1.46. The summed E-state index contributed by atoms with van der Waals surface area (Å²) in [6, 6.07) is 0. The Balaban J connectivity index is 2.11. The van der Waals surface area contributed by atoms with E-state index in [1.807, 2.05) is 7.05 Å². The van der Waals surface area contributed by atoms with Crippen molar-refractivity contribution in [2.24, 2.45) is 17.8 Å². The van der Waals surface area contributed by atoms with Crippen molar-refractivity contribution in [1.29, 1.82) is 0 Å². The van der Waals surface area contributed by atoms with Crippen molar-refractivity contribution in [2.45, 2.75) is 20.3 Å². The maximum Gasteiger partial charge on any atom is -0.00234 e. The molecule has 1 fully saturated rings. The van der Waals surface area contributed by atoms with Gasteiger partial charge in [-0.15, -0.1) is 0 Å². The lowest BCUT2D eigenvalue weighted by Crippen LogP contribution is -2.17. The third kappa shape index (κ3) is 1.68. The Kier molecular flexibility index (Phi) is 2.12. The minimum Gasteiger partial charge on any atom is -0.319 e. The molecule has 0 spiro atoms. The van der Waals surface area contributed by atoms with E-state index in [1.54, 1.807) is 0 Å². The lowest BCUT2D eigenvalue weighted by Gasteiger charge is -2.07. The van der Waals surface area contributed by atoms with E-state index >= 15 is 0 Å². The van der Waals surface area contributed by atoms with Gasteiger partial charge in [-0.3, -0.25) is 0 Å². The van der Waals surface area contributed by atoms with Crippen LogP contribution in [0, 0.1) is 17.8 Å².